The van der Waals surface area contributed by atoms with Crippen molar-refractivity contribution in [2.24, 2.45) is 11.8 Å². The van der Waals surface area contributed by atoms with Crippen molar-refractivity contribution < 1.29 is 27.9 Å². The maximum absolute atomic E-state index is 12.9. The molecule has 1 N–H and O–H groups in total. The minimum atomic E-state index is -5.05. The first kappa shape index (κ1) is 21.2. The zero-order valence-electron chi connectivity index (χ0n) is 15.9. The zero-order valence-corrected chi connectivity index (χ0v) is 15.9. The van der Waals surface area contributed by atoms with Crippen LogP contribution >= 0.6 is 0 Å². The Balaban J connectivity index is 2.07. The van der Waals surface area contributed by atoms with Gasteiger partial charge in [-0.05, 0) is 38.3 Å². The number of carbonyl (C=O) groups is 2. The molecule has 1 aromatic carbocycles. The maximum atomic E-state index is 12.9. The van der Waals surface area contributed by atoms with E-state index in [0.717, 1.165) is 16.2 Å². The monoisotopic (exact) mass is 386 g/mol. The summed E-state index contributed by atoms with van der Waals surface area (Å²) in [7, 11) is 1.66. The van der Waals surface area contributed by atoms with Gasteiger partial charge >= 0.3 is 6.18 Å². The van der Waals surface area contributed by atoms with Gasteiger partial charge in [0.25, 0.3) is 5.91 Å². The molecule has 2 rings (SSSR count). The van der Waals surface area contributed by atoms with Gasteiger partial charge in [0.2, 0.25) is 11.5 Å². The number of halogens is 3. The van der Waals surface area contributed by atoms with Gasteiger partial charge in [-0.25, -0.2) is 0 Å². The summed E-state index contributed by atoms with van der Waals surface area (Å²) in [5.41, 5.74) is -1.63. The number of benzene rings is 1. The fraction of sp³-hybridized carbons (Fsp3) is 0.579. The normalized spacial score (nSPS) is 22.9. The van der Waals surface area contributed by atoms with E-state index in [1.165, 1.54) is 4.90 Å². The molecule has 0 aliphatic carbocycles. The molecule has 1 heterocycles. The summed E-state index contributed by atoms with van der Waals surface area (Å²) in [6, 6.07) is 7.44. The van der Waals surface area contributed by atoms with Crippen LogP contribution < -0.4 is 4.90 Å². The van der Waals surface area contributed by atoms with Crippen LogP contribution in [0.2, 0.25) is 0 Å². The van der Waals surface area contributed by atoms with Crippen LogP contribution in [0.4, 0.5) is 18.9 Å². The topological polar surface area (TPSA) is 60.9 Å². The molecule has 0 saturated carbocycles. The fourth-order valence-corrected chi connectivity index (χ4v) is 3.27. The molecular weight excluding hydrogens is 361 g/mol. The number of aliphatic hydroxyl groups is 1. The molecule has 1 aliphatic heterocycles. The third-order valence-electron chi connectivity index (χ3n) is 5.23. The van der Waals surface area contributed by atoms with E-state index >= 15 is 0 Å². The highest BCUT2D eigenvalue weighted by atomic mass is 19.4. The Labute approximate surface area is 156 Å². The number of hydrogen-bond donors (Lipinski definition) is 1. The Kier molecular flexibility index (Phi) is 5.89. The minimum absolute atomic E-state index is 0.00640. The third-order valence-corrected chi connectivity index (χ3v) is 5.23. The molecule has 0 spiro atoms. The average molecular weight is 386 g/mol. The molecular formula is C19H25F3N2O3. The van der Waals surface area contributed by atoms with Crippen molar-refractivity contribution >= 4 is 17.5 Å². The lowest BCUT2D eigenvalue weighted by atomic mass is 9.85. The molecule has 2 unspecified atom stereocenters. The SMILES string of the molecule is Cc1ccc(N(C)C(=O)C2CCN(C(=O)[C@@](C)(O)C(F)(F)F)CC2C)cc1. The van der Waals surface area contributed by atoms with E-state index in [0.29, 0.717) is 6.92 Å². The Morgan fingerprint density at radius 2 is 1.78 bits per heavy atom. The maximum Gasteiger partial charge on any atom is 0.426 e. The van der Waals surface area contributed by atoms with Gasteiger partial charge in [-0.15, -0.1) is 0 Å². The number of amides is 2. The second kappa shape index (κ2) is 7.50. The van der Waals surface area contributed by atoms with Crippen molar-refractivity contribution in [3.8, 4) is 0 Å². The Morgan fingerprint density at radius 3 is 2.26 bits per heavy atom. The second-order valence-electron chi connectivity index (χ2n) is 7.43. The van der Waals surface area contributed by atoms with Gasteiger partial charge in [0.1, 0.15) is 0 Å². The van der Waals surface area contributed by atoms with Gasteiger partial charge in [0, 0.05) is 31.7 Å². The van der Waals surface area contributed by atoms with Crippen molar-refractivity contribution in [1.29, 1.82) is 0 Å². The summed E-state index contributed by atoms with van der Waals surface area (Å²) in [4.78, 5) is 27.5. The summed E-state index contributed by atoms with van der Waals surface area (Å²) < 4.78 is 38.7. The molecule has 27 heavy (non-hydrogen) atoms. The van der Waals surface area contributed by atoms with Gasteiger partial charge in [0.05, 0.1) is 0 Å². The Morgan fingerprint density at radius 1 is 1.22 bits per heavy atom. The van der Waals surface area contributed by atoms with Crippen LogP contribution in [0.1, 0.15) is 25.8 Å². The van der Waals surface area contributed by atoms with E-state index in [4.69, 9.17) is 0 Å². The van der Waals surface area contributed by atoms with Gasteiger partial charge in [-0.2, -0.15) is 13.2 Å². The molecule has 8 heteroatoms. The van der Waals surface area contributed by atoms with E-state index < -0.39 is 23.6 Å². The quantitative estimate of drug-likeness (QED) is 0.869. The Bertz CT molecular complexity index is 701. The standard InChI is InChI=1S/C19H25F3N2O3/c1-12-5-7-14(8-6-12)23(4)16(25)15-9-10-24(11-13(15)2)17(26)18(3,27)19(20,21)22/h5-8,13,15,27H,9-11H2,1-4H3/t13?,15?,18-/m1/s1. The van der Waals surface area contributed by atoms with Crippen LogP contribution in [-0.4, -0.2) is 53.7 Å². The van der Waals surface area contributed by atoms with Gasteiger partial charge < -0.3 is 14.9 Å². The average Bonchev–Trinajstić information content (AvgIpc) is 2.59. The molecule has 1 saturated heterocycles. The van der Waals surface area contributed by atoms with E-state index in [1.807, 2.05) is 31.2 Å². The lowest BCUT2D eigenvalue weighted by Crippen LogP contribution is -2.59. The number of carbonyl (C=O) groups excluding carboxylic acids is 2. The summed E-state index contributed by atoms with van der Waals surface area (Å²) in [5, 5.41) is 9.60. The zero-order chi connectivity index (χ0) is 20.6. The molecule has 0 bridgehead atoms. The molecule has 1 fully saturated rings. The number of nitrogens with zero attached hydrogens (tertiary/aromatic N) is 2. The molecule has 3 atom stereocenters. The third kappa shape index (κ3) is 4.26. The number of rotatable bonds is 3. The number of anilines is 1. The molecule has 0 aromatic heterocycles. The first-order valence-electron chi connectivity index (χ1n) is 8.79. The van der Waals surface area contributed by atoms with Gasteiger partial charge in [0.15, 0.2) is 0 Å². The van der Waals surface area contributed by atoms with Crippen molar-refractivity contribution in [3.63, 3.8) is 0 Å². The van der Waals surface area contributed by atoms with E-state index in [1.54, 1.807) is 14.0 Å². The molecule has 150 valence electrons. The van der Waals surface area contributed by atoms with Gasteiger partial charge in [-0.3, -0.25) is 9.59 Å². The van der Waals surface area contributed by atoms with E-state index in [9.17, 15) is 27.9 Å². The first-order chi connectivity index (χ1) is 12.4. The fourth-order valence-electron chi connectivity index (χ4n) is 3.27. The number of piperidine rings is 1. The summed E-state index contributed by atoms with van der Waals surface area (Å²) in [6.45, 7) is 4.11. The number of alkyl halides is 3. The second-order valence-corrected chi connectivity index (χ2v) is 7.43. The smallest absolute Gasteiger partial charge is 0.373 e. The molecule has 2 amide bonds. The van der Waals surface area contributed by atoms with Crippen LogP contribution in [0.5, 0.6) is 0 Å². The highest BCUT2D eigenvalue weighted by Crippen LogP contribution is 2.34. The predicted molar refractivity (Wildman–Crippen MR) is 95.1 cm³/mol. The van der Waals surface area contributed by atoms with Crippen molar-refractivity contribution in [2.75, 3.05) is 25.0 Å². The first-order valence-corrected chi connectivity index (χ1v) is 8.79. The summed E-state index contributed by atoms with van der Waals surface area (Å²) in [6.07, 6.45) is -4.80. The molecule has 5 nitrogen and oxygen atoms in total. The van der Waals surface area contributed by atoms with Crippen molar-refractivity contribution in [2.45, 2.75) is 39.0 Å². The predicted octanol–water partition coefficient (Wildman–Crippen LogP) is 2.76. The van der Waals surface area contributed by atoms with Crippen LogP contribution in [0.25, 0.3) is 0 Å². The van der Waals surface area contributed by atoms with E-state index in [2.05, 4.69) is 0 Å². The molecule has 0 radical (unpaired) electrons. The molecule has 1 aliphatic rings. The Hall–Kier alpha value is -2.09. The van der Waals surface area contributed by atoms with Crippen molar-refractivity contribution in [3.05, 3.63) is 29.8 Å². The van der Waals surface area contributed by atoms with Gasteiger partial charge in [-0.1, -0.05) is 24.6 Å². The lowest BCUT2D eigenvalue weighted by Gasteiger charge is -2.40. The van der Waals surface area contributed by atoms with Crippen LogP contribution in [0, 0.1) is 18.8 Å². The molecule has 1 aromatic rings. The van der Waals surface area contributed by atoms with Crippen LogP contribution in [0.3, 0.4) is 0 Å². The number of aryl methyl sites for hydroxylation is 1. The van der Waals surface area contributed by atoms with E-state index in [-0.39, 0.29) is 31.3 Å². The highest BCUT2D eigenvalue weighted by Gasteiger charge is 2.57. The van der Waals surface area contributed by atoms with Crippen molar-refractivity contribution in [1.82, 2.24) is 4.90 Å². The number of likely N-dealkylation sites (tertiary alicyclic amines) is 1. The summed E-state index contributed by atoms with van der Waals surface area (Å²) in [5.74, 6) is -2.25. The minimum Gasteiger partial charge on any atom is -0.373 e. The highest BCUT2D eigenvalue weighted by molar-refractivity contribution is 5.95. The largest absolute Gasteiger partial charge is 0.426 e. The summed E-state index contributed by atoms with van der Waals surface area (Å²) >= 11 is 0. The number of hydrogen-bond acceptors (Lipinski definition) is 3. The van der Waals surface area contributed by atoms with Crippen LogP contribution in [-0.2, 0) is 9.59 Å². The lowest BCUT2D eigenvalue weighted by molar-refractivity contribution is -0.251. The van der Waals surface area contributed by atoms with Crippen LogP contribution in [0.15, 0.2) is 24.3 Å².